The minimum Gasteiger partial charge on any atom is -0.489 e. The first-order valence-corrected chi connectivity index (χ1v) is 10.3. The van der Waals surface area contributed by atoms with Crippen LogP contribution in [0.4, 0.5) is 0 Å². The summed E-state index contributed by atoms with van der Waals surface area (Å²) in [4.78, 5) is 16.3. The first kappa shape index (κ1) is 24.0. The topological polar surface area (TPSA) is 74.8 Å². The Morgan fingerprint density at radius 2 is 1.73 bits per heavy atom. The van der Waals surface area contributed by atoms with Gasteiger partial charge in [0, 0.05) is 25.6 Å². The number of aliphatic imine (C=N–C) groups is 1. The number of rotatable bonds is 10. The highest BCUT2D eigenvalue weighted by atomic mass is 127. The van der Waals surface area contributed by atoms with Crippen LogP contribution in [-0.4, -0.2) is 31.5 Å². The van der Waals surface area contributed by atoms with Gasteiger partial charge in [0.15, 0.2) is 5.96 Å². The van der Waals surface area contributed by atoms with Gasteiger partial charge in [0.05, 0.1) is 6.54 Å². The Balaban J connectivity index is 0.00000320. The standard InChI is InChI=1S/C23H30N4O2.HI/c1-2-24-23(26-14-13-25-22(28)20-11-12-20)27-16-18-7-6-8-19(15-18)17-29-21-9-4-3-5-10-21;/h3-10,15,20H,2,11-14,16-17H2,1H3,(H,25,28)(H2,24,26,27);1H. The molecule has 0 atom stereocenters. The van der Waals surface area contributed by atoms with Crippen LogP contribution in [0.2, 0.25) is 0 Å². The van der Waals surface area contributed by atoms with Crippen molar-refractivity contribution in [3.8, 4) is 5.75 Å². The highest BCUT2D eigenvalue weighted by molar-refractivity contribution is 14.0. The average Bonchev–Trinajstić information content (AvgIpc) is 3.60. The van der Waals surface area contributed by atoms with Gasteiger partial charge in [0.2, 0.25) is 5.91 Å². The maximum atomic E-state index is 11.7. The summed E-state index contributed by atoms with van der Waals surface area (Å²) in [6.07, 6.45) is 2.05. The number of carbonyl (C=O) groups excluding carboxylic acids is 1. The van der Waals surface area contributed by atoms with E-state index in [-0.39, 0.29) is 35.8 Å². The number of carbonyl (C=O) groups is 1. The molecule has 0 spiro atoms. The van der Waals surface area contributed by atoms with Crippen LogP contribution in [-0.2, 0) is 17.9 Å². The zero-order valence-corrected chi connectivity index (χ0v) is 19.7. The van der Waals surface area contributed by atoms with E-state index >= 15 is 0 Å². The minimum absolute atomic E-state index is 0. The van der Waals surface area contributed by atoms with Gasteiger partial charge in [-0.25, -0.2) is 4.99 Å². The molecule has 2 aromatic rings. The fourth-order valence-corrected chi connectivity index (χ4v) is 2.87. The van der Waals surface area contributed by atoms with Gasteiger partial charge in [-0.1, -0.05) is 42.5 Å². The number of para-hydroxylation sites is 1. The lowest BCUT2D eigenvalue weighted by atomic mass is 10.1. The molecule has 1 saturated carbocycles. The Morgan fingerprint density at radius 3 is 2.47 bits per heavy atom. The predicted molar refractivity (Wildman–Crippen MR) is 131 cm³/mol. The second kappa shape index (κ2) is 13.1. The summed E-state index contributed by atoms with van der Waals surface area (Å²) in [5, 5.41) is 9.46. The molecule has 1 aliphatic rings. The molecule has 1 fully saturated rings. The van der Waals surface area contributed by atoms with Crippen molar-refractivity contribution in [2.24, 2.45) is 10.9 Å². The molecule has 2 aromatic carbocycles. The fraction of sp³-hybridized carbons (Fsp3) is 0.391. The zero-order valence-electron chi connectivity index (χ0n) is 17.4. The van der Waals surface area contributed by atoms with Crippen molar-refractivity contribution in [3.63, 3.8) is 0 Å². The molecule has 162 valence electrons. The lowest BCUT2D eigenvalue weighted by Gasteiger charge is -2.12. The molecule has 3 N–H and O–H groups in total. The second-order valence-corrected chi connectivity index (χ2v) is 7.11. The van der Waals surface area contributed by atoms with Crippen LogP contribution in [0.15, 0.2) is 59.6 Å². The van der Waals surface area contributed by atoms with Crippen molar-refractivity contribution >= 4 is 35.8 Å². The van der Waals surface area contributed by atoms with E-state index in [0.29, 0.717) is 26.2 Å². The fourth-order valence-electron chi connectivity index (χ4n) is 2.87. The van der Waals surface area contributed by atoms with Gasteiger partial charge in [-0.2, -0.15) is 0 Å². The van der Waals surface area contributed by atoms with Crippen LogP contribution in [0, 0.1) is 5.92 Å². The van der Waals surface area contributed by atoms with Gasteiger partial charge >= 0.3 is 0 Å². The van der Waals surface area contributed by atoms with E-state index in [2.05, 4.69) is 39.1 Å². The van der Waals surface area contributed by atoms with E-state index in [9.17, 15) is 4.79 Å². The average molecular weight is 522 g/mol. The summed E-state index contributed by atoms with van der Waals surface area (Å²) in [6.45, 7) is 5.17. The summed E-state index contributed by atoms with van der Waals surface area (Å²) in [6, 6.07) is 18.1. The normalized spacial score (nSPS) is 13.2. The van der Waals surface area contributed by atoms with Crippen molar-refractivity contribution in [2.45, 2.75) is 32.9 Å². The molecule has 30 heavy (non-hydrogen) atoms. The maximum absolute atomic E-state index is 11.7. The summed E-state index contributed by atoms with van der Waals surface area (Å²) in [7, 11) is 0. The molecule has 0 aliphatic heterocycles. The summed E-state index contributed by atoms with van der Waals surface area (Å²) < 4.78 is 5.82. The largest absolute Gasteiger partial charge is 0.489 e. The Kier molecular flexibility index (Phi) is 10.5. The van der Waals surface area contributed by atoms with E-state index in [0.717, 1.165) is 42.2 Å². The summed E-state index contributed by atoms with van der Waals surface area (Å²) >= 11 is 0. The molecule has 3 rings (SSSR count). The smallest absolute Gasteiger partial charge is 0.223 e. The summed E-state index contributed by atoms with van der Waals surface area (Å²) in [5.74, 6) is 2.03. The van der Waals surface area contributed by atoms with Crippen LogP contribution >= 0.6 is 24.0 Å². The van der Waals surface area contributed by atoms with Crippen LogP contribution in [0.25, 0.3) is 0 Å². The molecule has 0 aromatic heterocycles. The van der Waals surface area contributed by atoms with E-state index in [1.165, 1.54) is 0 Å². The van der Waals surface area contributed by atoms with Crippen molar-refractivity contribution < 1.29 is 9.53 Å². The van der Waals surface area contributed by atoms with Crippen molar-refractivity contribution in [2.75, 3.05) is 19.6 Å². The molecule has 0 bridgehead atoms. The number of nitrogens with one attached hydrogen (secondary N) is 3. The number of ether oxygens (including phenoxy) is 1. The summed E-state index contributed by atoms with van der Waals surface area (Å²) in [5.41, 5.74) is 2.24. The lowest BCUT2D eigenvalue weighted by molar-refractivity contribution is -0.122. The quantitative estimate of drug-likeness (QED) is 0.194. The van der Waals surface area contributed by atoms with Gasteiger partial charge in [-0.05, 0) is 43.0 Å². The van der Waals surface area contributed by atoms with E-state index in [4.69, 9.17) is 4.74 Å². The van der Waals surface area contributed by atoms with Gasteiger partial charge in [0.25, 0.3) is 0 Å². The first-order valence-electron chi connectivity index (χ1n) is 10.3. The van der Waals surface area contributed by atoms with E-state index in [1.807, 2.05) is 43.3 Å². The van der Waals surface area contributed by atoms with E-state index in [1.54, 1.807) is 0 Å². The Hall–Kier alpha value is -2.29. The van der Waals surface area contributed by atoms with Crippen LogP contribution in [0.3, 0.4) is 0 Å². The lowest BCUT2D eigenvalue weighted by Crippen LogP contribution is -2.41. The first-order chi connectivity index (χ1) is 14.2. The molecule has 7 heteroatoms. The molecule has 1 aliphatic carbocycles. The van der Waals surface area contributed by atoms with Gasteiger partial charge in [-0.3, -0.25) is 4.79 Å². The molecule has 0 radical (unpaired) electrons. The van der Waals surface area contributed by atoms with Crippen molar-refractivity contribution in [3.05, 3.63) is 65.7 Å². The van der Waals surface area contributed by atoms with Gasteiger partial charge in [-0.15, -0.1) is 24.0 Å². The number of amides is 1. The Morgan fingerprint density at radius 1 is 1.00 bits per heavy atom. The molecule has 0 unspecified atom stereocenters. The third-order valence-corrected chi connectivity index (χ3v) is 4.57. The number of guanidine groups is 1. The monoisotopic (exact) mass is 522 g/mol. The van der Waals surface area contributed by atoms with Gasteiger partial charge < -0.3 is 20.7 Å². The number of hydrogen-bond donors (Lipinski definition) is 3. The maximum Gasteiger partial charge on any atom is 0.223 e. The number of benzene rings is 2. The minimum atomic E-state index is 0. The molecule has 0 saturated heterocycles. The molecule has 6 nitrogen and oxygen atoms in total. The van der Waals surface area contributed by atoms with Crippen LogP contribution in [0.1, 0.15) is 30.9 Å². The second-order valence-electron chi connectivity index (χ2n) is 7.11. The Bertz CT molecular complexity index is 810. The molecule has 0 heterocycles. The highest BCUT2D eigenvalue weighted by Gasteiger charge is 2.28. The number of nitrogens with zero attached hydrogens (tertiary/aromatic N) is 1. The highest BCUT2D eigenvalue weighted by Crippen LogP contribution is 2.28. The molecule has 1 amide bonds. The number of hydrogen-bond acceptors (Lipinski definition) is 3. The SMILES string of the molecule is CCNC(=NCc1cccc(COc2ccccc2)c1)NCCNC(=O)C1CC1.I. The Labute approximate surface area is 195 Å². The predicted octanol–water partition coefficient (Wildman–Crippen LogP) is 3.46. The molecular weight excluding hydrogens is 491 g/mol. The van der Waals surface area contributed by atoms with Gasteiger partial charge in [0.1, 0.15) is 12.4 Å². The third kappa shape index (κ3) is 8.61. The zero-order chi connectivity index (χ0) is 20.3. The van der Waals surface area contributed by atoms with E-state index < -0.39 is 0 Å². The van der Waals surface area contributed by atoms with Crippen LogP contribution < -0.4 is 20.7 Å². The van der Waals surface area contributed by atoms with Crippen LogP contribution in [0.5, 0.6) is 5.75 Å². The van der Waals surface area contributed by atoms with Crippen molar-refractivity contribution in [1.82, 2.24) is 16.0 Å². The molecular formula is C23H31IN4O2. The number of halogens is 1. The third-order valence-electron chi connectivity index (χ3n) is 4.57. The van der Waals surface area contributed by atoms with Crippen molar-refractivity contribution in [1.29, 1.82) is 0 Å².